The third-order valence-corrected chi connectivity index (χ3v) is 7.73. The SMILES string of the molecule is Cc1ccc(S(=O)(=O)N2CCCCC2)cc1C(=O)Nc1ccc(NC(=O)Nc2ccccc2)cc1. The van der Waals surface area contributed by atoms with Gasteiger partial charge in [0.2, 0.25) is 10.0 Å². The summed E-state index contributed by atoms with van der Waals surface area (Å²) in [6.07, 6.45) is 2.72. The molecule has 3 aromatic rings. The van der Waals surface area contributed by atoms with Crippen molar-refractivity contribution in [3.8, 4) is 0 Å². The highest BCUT2D eigenvalue weighted by Crippen LogP contribution is 2.24. The maximum atomic E-state index is 13.0. The summed E-state index contributed by atoms with van der Waals surface area (Å²) in [5, 5.41) is 8.27. The molecule has 1 saturated heterocycles. The highest BCUT2D eigenvalue weighted by Gasteiger charge is 2.27. The number of benzene rings is 3. The number of sulfonamides is 1. The van der Waals surface area contributed by atoms with Crippen LogP contribution in [-0.4, -0.2) is 37.8 Å². The number of aryl methyl sites for hydroxylation is 1. The van der Waals surface area contributed by atoms with Crippen LogP contribution in [0.2, 0.25) is 0 Å². The minimum Gasteiger partial charge on any atom is -0.322 e. The van der Waals surface area contributed by atoms with Crippen LogP contribution < -0.4 is 16.0 Å². The van der Waals surface area contributed by atoms with Crippen LogP contribution in [0.1, 0.15) is 35.2 Å². The molecule has 8 nitrogen and oxygen atoms in total. The number of nitrogens with zero attached hydrogens (tertiary/aromatic N) is 1. The second kappa shape index (κ2) is 10.7. The molecule has 0 saturated carbocycles. The lowest BCUT2D eigenvalue weighted by Crippen LogP contribution is -2.35. The van der Waals surface area contributed by atoms with E-state index in [9.17, 15) is 18.0 Å². The van der Waals surface area contributed by atoms with E-state index in [0.717, 1.165) is 19.3 Å². The molecular formula is C26H28N4O4S. The molecule has 3 amide bonds. The van der Waals surface area contributed by atoms with Crippen molar-refractivity contribution in [1.29, 1.82) is 0 Å². The lowest BCUT2D eigenvalue weighted by Gasteiger charge is -2.26. The number of amides is 3. The average Bonchev–Trinajstić information content (AvgIpc) is 2.86. The average molecular weight is 493 g/mol. The zero-order valence-electron chi connectivity index (χ0n) is 19.5. The molecule has 0 bridgehead atoms. The summed E-state index contributed by atoms with van der Waals surface area (Å²) in [6, 6.07) is 20.0. The number of rotatable bonds is 6. The number of para-hydroxylation sites is 1. The van der Waals surface area contributed by atoms with E-state index >= 15 is 0 Å². The molecule has 4 rings (SSSR count). The van der Waals surface area contributed by atoms with Gasteiger partial charge < -0.3 is 16.0 Å². The van der Waals surface area contributed by atoms with Gasteiger partial charge in [-0.15, -0.1) is 0 Å². The van der Waals surface area contributed by atoms with Gasteiger partial charge in [0.25, 0.3) is 5.91 Å². The minimum atomic E-state index is -3.64. The van der Waals surface area contributed by atoms with Gasteiger partial charge in [0.15, 0.2) is 0 Å². The van der Waals surface area contributed by atoms with Crippen LogP contribution >= 0.6 is 0 Å². The second-order valence-electron chi connectivity index (χ2n) is 8.42. The Labute approximate surface area is 205 Å². The predicted octanol–water partition coefficient (Wildman–Crippen LogP) is 5.07. The second-order valence-corrected chi connectivity index (χ2v) is 10.4. The first kappa shape index (κ1) is 24.4. The lowest BCUT2D eigenvalue weighted by atomic mass is 10.1. The predicted molar refractivity (Wildman–Crippen MR) is 137 cm³/mol. The Bertz CT molecular complexity index is 1300. The summed E-state index contributed by atoms with van der Waals surface area (Å²) < 4.78 is 27.5. The van der Waals surface area contributed by atoms with Crippen LogP contribution in [0.25, 0.3) is 0 Å². The van der Waals surface area contributed by atoms with Crippen molar-refractivity contribution in [3.63, 3.8) is 0 Å². The van der Waals surface area contributed by atoms with Crippen LogP contribution in [0.4, 0.5) is 21.9 Å². The van der Waals surface area contributed by atoms with Crippen LogP contribution in [0.15, 0.2) is 77.7 Å². The third-order valence-electron chi connectivity index (χ3n) is 5.84. The lowest BCUT2D eigenvalue weighted by molar-refractivity contribution is 0.102. The zero-order chi connectivity index (χ0) is 24.8. The van der Waals surface area contributed by atoms with E-state index < -0.39 is 15.9 Å². The summed E-state index contributed by atoms with van der Waals surface area (Å²) >= 11 is 0. The molecule has 0 unspecified atom stereocenters. The van der Waals surface area contributed by atoms with Crippen molar-refractivity contribution in [2.45, 2.75) is 31.1 Å². The van der Waals surface area contributed by atoms with Crippen molar-refractivity contribution in [2.24, 2.45) is 0 Å². The highest BCUT2D eigenvalue weighted by molar-refractivity contribution is 7.89. The largest absolute Gasteiger partial charge is 0.323 e. The fourth-order valence-corrected chi connectivity index (χ4v) is 5.45. The molecule has 9 heteroatoms. The van der Waals surface area contributed by atoms with E-state index in [-0.39, 0.29) is 10.9 Å². The Balaban J connectivity index is 1.42. The number of anilines is 3. The number of carbonyl (C=O) groups is 2. The molecule has 1 aliphatic rings. The van der Waals surface area contributed by atoms with E-state index in [0.29, 0.717) is 41.3 Å². The molecule has 0 atom stereocenters. The van der Waals surface area contributed by atoms with Crippen molar-refractivity contribution >= 4 is 39.0 Å². The van der Waals surface area contributed by atoms with Gasteiger partial charge in [-0.2, -0.15) is 4.31 Å². The summed E-state index contributed by atoms with van der Waals surface area (Å²) in [5.41, 5.74) is 2.73. The maximum absolute atomic E-state index is 13.0. The van der Waals surface area contributed by atoms with Gasteiger partial charge in [-0.05, 0) is 73.9 Å². The summed E-state index contributed by atoms with van der Waals surface area (Å²) in [5.74, 6) is -0.402. The fraction of sp³-hybridized carbons (Fsp3) is 0.231. The Hall–Kier alpha value is -3.69. The Kier molecular flexibility index (Phi) is 7.48. The van der Waals surface area contributed by atoms with Crippen LogP contribution in [0.3, 0.4) is 0 Å². The van der Waals surface area contributed by atoms with E-state index in [2.05, 4.69) is 16.0 Å². The van der Waals surface area contributed by atoms with Crippen molar-refractivity contribution < 1.29 is 18.0 Å². The van der Waals surface area contributed by atoms with Crippen molar-refractivity contribution in [3.05, 3.63) is 83.9 Å². The van der Waals surface area contributed by atoms with Gasteiger partial charge >= 0.3 is 6.03 Å². The van der Waals surface area contributed by atoms with Gasteiger partial charge in [-0.25, -0.2) is 13.2 Å². The van der Waals surface area contributed by atoms with E-state index in [1.165, 1.54) is 10.4 Å². The van der Waals surface area contributed by atoms with E-state index in [1.54, 1.807) is 55.5 Å². The molecule has 0 radical (unpaired) electrons. The highest BCUT2D eigenvalue weighted by atomic mass is 32.2. The fourth-order valence-electron chi connectivity index (χ4n) is 3.91. The molecule has 3 N–H and O–H groups in total. The topological polar surface area (TPSA) is 108 Å². The van der Waals surface area contributed by atoms with Crippen LogP contribution in [-0.2, 0) is 10.0 Å². The Morgan fingerprint density at radius 3 is 1.94 bits per heavy atom. The molecule has 1 heterocycles. The Morgan fingerprint density at radius 2 is 1.31 bits per heavy atom. The number of piperidine rings is 1. The first-order valence-corrected chi connectivity index (χ1v) is 12.9. The van der Waals surface area contributed by atoms with Gasteiger partial charge in [-0.3, -0.25) is 4.79 Å². The molecule has 182 valence electrons. The summed E-state index contributed by atoms with van der Waals surface area (Å²) in [6.45, 7) is 2.77. The van der Waals surface area contributed by atoms with Gasteiger partial charge in [-0.1, -0.05) is 30.7 Å². The van der Waals surface area contributed by atoms with Gasteiger partial charge in [0.1, 0.15) is 0 Å². The molecule has 3 aromatic carbocycles. The monoisotopic (exact) mass is 492 g/mol. The molecule has 0 spiro atoms. The smallest absolute Gasteiger partial charge is 0.322 e. The third kappa shape index (κ3) is 6.06. The molecule has 1 aliphatic heterocycles. The van der Waals surface area contributed by atoms with Crippen LogP contribution in [0.5, 0.6) is 0 Å². The van der Waals surface area contributed by atoms with Crippen LogP contribution in [0, 0.1) is 6.92 Å². The zero-order valence-corrected chi connectivity index (χ0v) is 20.3. The van der Waals surface area contributed by atoms with Crippen molar-refractivity contribution in [1.82, 2.24) is 4.31 Å². The molecule has 0 aromatic heterocycles. The quantitative estimate of drug-likeness (QED) is 0.447. The normalized spacial score (nSPS) is 14.2. The van der Waals surface area contributed by atoms with Gasteiger partial charge in [0.05, 0.1) is 4.90 Å². The van der Waals surface area contributed by atoms with Crippen molar-refractivity contribution in [2.75, 3.05) is 29.0 Å². The molecule has 35 heavy (non-hydrogen) atoms. The molecular weight excluding hydrogens is 464 g/mol. The molecule has 1 fully saturated rings. The number of hydrogen-bond acceptors (Lipinski definition) is 4. The first-order chi connectivity index (χ1) is 16.8. The number of urea groups is 1. The Morgan fingerprint density at radius 1 is 0.743 bits per heavy atom. The number of carbonyl (C=O) groups excluding carboxylic acids is 2. The van der Waals surface area contributed by atoms with E-state index in [4.69, 9.17) is 0 Å². The van der Waals surface area contributed by atoms with E-state index in [1.807, 2.05) is 18.2 Å². The summed E-state index contributed by atoms with van der Waals surface area (Å²) in [4.78, 5) is 25.2. The maximum Gasteiger partial charge on any atom is 0.323 e. The first-order valence-electron chi connectivity index (χ1n) is 11.5. The molecule has 0 aliphatic carbocycles. The van der Waals surface area contributed by atoms with Gasteiger partial charge in [0, 0.05) is 35.7 Å². The number of nitrogens with one attached hydrogen (secondary N) is 3. The summed E-state index contributed by atoms with van der Waals surface area (Å²) in [7, 11) is -3.64. The standard InChI is InChI=1S/C26H28N4O4S/c1-19-10-15-23(35(33,34)30-16-6-3-7-17-30)18-24(19)25(31)27-21-11-13-22(14-12-21)29-26(32)28-20-8-4-2-5-9-20/h2,4-5,8-15,18H,3,6-7,16-17H2,1H3,(H,27,31)(H2,28,29,32). The number of hydrogen-bond donors (Lipinski definition) is 3. The minimum absolute atomic E-state index is 0.124.